The van der Waals surface area contributed by atoms with Crippen molar-refractivity contribution in [2.75, 3.05) is 32.8 Å². The molecule has 25 heavy (non-hydrogen) atoms. The van der Waals surface area contributed by atoms with E-state index in [-0.39, 0.29) is 6.03 Å². The fraction of sp³-hybridized carbons (Fsp3) is 0.444. The predicted octanol–water partition coefficient (Wildman–Crippen LogP) is 2.69. The van der Waals surface area contributed by atoms with Gasteiger partial charge in [-0.3, -0.25) is 4.98 Å². The summed E-state index contributed by atoms with van der Waals surface area (Å²) < 4.78 is 5.44. The number of hydrogen-bond acceptors (Lipinski definition) is 5. The lowest BCUT2D eigenvalue weighted by molar-refractivity contribution is 0.177. The molecule has 1 aromatic rings. The topological polar surface area (TPSA) is 70.4 Å². The fourth-order valence-corrected chi connectivity index (χ4v) is 3.50. The minimum Gasteiger partial charge on any atom is -0.494 e. The molecule has 5 rings (SSSR count). The highest BCUT2D eigenvalue weighted by Gasteiger charge is 2.31. The molecule has 0 saturated carbocycles. The average molecular weight is 339 g/mol. The number of urea groups is 1. The maximum Gasteiger partial charge on any atom is 0.362 e. The van der Waals surface area contributed by atoms with Crippen molar-refractivity contribution in [3.05, 3.63) is 48.1 Å². The van der Waals surface area contributed by atoms with Gasteiger partial charge in [0.1, 0.15) is 12.3 Å². The zero-order chi connectivity index (χ0) is 17.1. The summed E-state index contributed by atoms with van der Waals surface area (Å²) in [5, 5.41) is 8.09. The molecule has 3 fully saturated rings. The first kappa shape index (κ1) is 16.0. The van der Waals surface area contributed by atoms with Gasteiger partial charge < -0.3 is 14.5 Å². The van der Waals surface area contributed by atoms with Gasteiger partial charge in [0.15, 0.2) is 0 Å². The van der Waals surface area contributed by atoms with E-state index in [0.29, 0.717) is 18.3 Å². The molecule has 0 radical (unpaired) electrons. The highest BCUT2D eigenvalue weighted by molar-refractivity contribution is 5.75. The standard InChI is InChI=1S/C18H21N5O2/c24-18(23-10-9-22-7-4-16(23)5-8-22)21-20-15-11-14(12-25-13-15)17-3-1-2-6-19-17/h1-3,6,11-12,16H,4-5,7-10,13H2. The minimum absolute atomic E-state index is 0.247. The molecule has 0 aliphatic carbocycles. The Morgan fingerprint density at radius 2 is 2.08 bits per heavy atom. The second-order valence-corrected chi connectivity index (χ2v) is 6.48. The van der Waals surface area contributed by atoms with Crippen molar-refractivity contribution >= 4 is 11.6 Å². The van der Waals surface area contributed by atoms with Crippen LogP contribution < -0.4 is 0 Å². The molecule has 4 aliphatic heterocycles. The molecule has 5 heterocycles. The van der Waals surface area contributed by atoms with Crippen LogP contribution in [-0.4, -0.2) is 59.6 Å². The van der Waals surface area contributed by atoms with E-state index < -0.39 is 0 Å². The number of piperidine rings is 1. The number of carbonyl (C=O) groups excluding carboxylic acids is 1. The normalized spacial score (nSPS) is 26.0. The smallest absolute Gasteiger partial charge is 0.362 e. The Morgan fingerprint density at radius 3 is 2.88 bits per heavy atom. The summed E-state index contributed by atoms with van der Waals surface area (Å²) in [5.74, 6) is 0. The van der Waals surface area contributed by atoms with Crippen molar-refractivity contribution < 1.29 is 9.53 Å². The summed E-state index contributed by atoms with van der Waals surface area (Å²) in [7, 11) is 0. The van der Waals surface area contributed by atoms with Crippen molar-refractivity contribution in [3.63, 3.8) is 0 Å². The van der Waals surface area contributed by atoms with Crippen molar-refractivity contribution in [1.82, 2.24) is 14.8 Å². The van der Waals surface area contributed by atoms with Crippen molar-refractivity contribution in [2.45, 2.75) is 18.9 Å². The molecule has 7 heteroatoms. The van der Waals surface area contributed by atoms with Crippen molar-refractivity contribution in [1.29, 1.82) is 0 Å². The molecule has 0 unspecified atom stereocenters. The molecule has 3 saturated heterocycles. The van der Waals surface area contributed by atoms with Crippen LogP contribution in [0.3, 0.4) is 0 Å². The number of rotatable bonds is 2. The van der Waals surface area contributed by atoms with Gasteiger partial charge in [-0.25, -0.2) is 4.79 Å². The van der Waals surface area contributed by atoms with Crippen LogP contribution in [0, 0.1) is 0 Å². The third-order valence-corrected chi connectivity index (χ3v) is 4.89. The second kappa shape index (κ2) is 7.14. The highest BCUT2D eigenvalue weighted by atomic mass is 16.5. The zero-order valence-corrected chi connectivity index (χ0v) is 14.0. The Morgan fingerprint density at radius 1 is 1.20 bits per heavy atom. The van der Waals surface area contributed by atoms with E-state index >= 15 is 0 Å². The number of fused-ring (bicyclic) bond motifs is 4. The van der Waals surface area contributed by atoms with E-state index in [1.54, 1.807) is 12.5 Å². The number of nitrogens with zero attached hydrogens (tertiary/aromatic N) is 5. The van der Waals surface area contributed by atoms with Crippen LogP contribution in [0.1, 0.15) is 18.5 Å². The SMILES string of the molecule is O=C(N=NC1=CC(c2ccccn2)=COC1)N1CCN2CCC1CC2. The summed E-state index contributed by atoms with van der Waals surface area (Å²) in [6.07, 6.45) is 7.31. The maximum absolute atomic E-state index is 12.5. The number of carbonyl (C=O) groups is 1. The Hall–Kier alpha value is -2.54. The lowest BCUT2D eigenvalue weighted by Gasteiger charge is -2.29. The van der Waals surface area contributed by atoms with Gasteiger partial charge in [0.2, 0.25) is 0 Å². The number of allylic oxidation sites excluding steroid dienone is 2. The third-order valence-electron chi connectivity index (χ3n) is 4.89. The maximum atomic E-state index is 12.5. The lowest BCUT2D eigenvalue weighted by Crippen LogP contribution is -2.40. The first-order valence-corrected chi connectivity index (χ1v) is 8.68. The molecule has 4 aliphatic rings. The van der Waals surface area contributed by atoms with E-state index in [4.69, 9.17) is 4.74 Å². The number of aromatic nitrogens is 1. The quantitative estimate of drug-likeness (QED) is 0.777. The van der Waals surface area contributed by atoms with Gasteiger partial charge in [0, 0.05) is 44.0 Å². The summed E-state index contributed by atoms with van der Waals surface area (Å²) in [4.78, 5) is 21.1. The molecule has 2 amide bonds. The van der Waals surface area contributed by atoms with Gasteiger partial charge in [-0.05, 0) is 31.1 Å². The Bertz CT molecular complexity index is 720. The van der Waals surface area contributed by atoms with E-state index in [9.17, 15) is 4.79 Å². The van der Waals surface area contributed by atoms with Crippen LogP contribution in [0.2, 0.25) is 0 Å². The number of azo groups is 1. The van der Waals surface area contributed by atoms with E-state index in [1.165, 1.54) is 0 Å². The van der Waals surface area contributed by atoms with E-state index in [0.717, 1.165) is 50.3 Å². The van der Waals surface area contributed by atoms with E-state index in [2.05, 4.69) is 20.1 Å². The van der Waals surface area contributed by atoms with E-state index in [1.807, 2.05) is 29.2 Å². The Balaban J connectivity index is 1.45. The van der Waals surface area contributed by atoms with Gasteiger partial charge in [0.25, 0.3) is 0 Å². The van der Waals surface area contributed by atoms with Gasteiger partial charge in [-0.1, -0.05) is 11.2 Å². The third kappa shape index (κ3) is 3.61. The number of hydrogen-bond donors (Lipinski definition) is 0. The van der Waals surface area contributed by atoms with Crippen molar-refractivity contribution in [3.8, 4) is 0 Å². The average Bonchev–Trinajstić information content (AvgIpc) is 3.01. The van der Waals surface area contributed by atoms with Gasteiger partial charge in [-0.2, -0.15) is 0 Å². The van der Waals surface area contributed by atoms with Crippen LogP contribution in [0.15, 0.2) is 52.7 Å². The lowest BCUT2D eigenvalue weighted by atomic mass is 10.1. The highest BCUT2D eigenvalue weighted by Crippen LogP contribution is 2.23. The molecule has 0 atom stereocenters. The number of pyridine rings is 1. The second-order valence-electron chi connectivity index (χ2n) is 6.48. The molecule has 1 aromatic heterocycles. The molecule has 130 valence electrons. The first-order chi connectivity index (χ1) is 12.3. The molecule has 0 N–H and O–H groups in total. The van der Waals surface area contributed by atoms with Crippen molar-refractivity contribution in [2.24, 2.45) is 10.2 Å². The number of ether oxygens (including phenoxy) is 1. The van der Waals surface area contributed by atoms with Crippen LogP contribution in [-0.2, 0) is 4.74 Å². The summed E-state index contributed by atoms with van der Waals surface area (Å²) in [5.41, 5.74) is 2.26. The van der Waals surface area contributed by atoms with Crippen LogP contribution in [0.4, 0.5) is 4.79 Å². The van der Waals surface area contributed by atoms with Crippen LogP contribution in [0.25, 0.3) is 5.57 Å². The van der Waals surface area contributed by atoms with Gasteiger partial charge >= 0.3 is 6.03 Å². The van der Waals surface area contributed by atoms with Gasteiger partial charge in [0.05, 0.1) is 12.0 Å². The fourth-order valence-electron chi connectivity index (χ4n) is 3.50. The van der Waals surface area contributed by atoms with Crippen LogP contribution >= 0.6 is 0 Å². The summed E-state index contributed by atoms with van der Waals surface area (Å²) >= 11 is 0. The monoisotopic (exact) mass is 339 g/mol. The zero-order valence-electron chi connectivity index (χ0n) is 14.0. The Labute approximate surface area is 146 Å². The molecule has 0 spiro atoms. The largest absolute Gasteiger partial charge is 0.494 e. The molecule has 2 bridgehead atoms. The molecule has 0 aromatic carbocycles. The molecular formula is C18H21N5O2. The predicted molar refractivity (Wildman–Crippen MR) is 92.7 cm³/mol. The van der Waals surface area contributed by atoms with Crippen LogP contribution in [0.5, 0.6) is 0 Å². The minimum atomic E-state index is -0.247. The Kier molecular flexibility index (Phi) is 4.56. The first-order valence-electron chi connectivity index (χ1n) is 8.68. The van der Waals surface area contributed by atoms with Gasteiger partial charge in [-0.15, -0.1) is 5.11 Å². The summed E-state index contributed by atoms with van der Waals surface area (Å²) in [6.45, 7) is 4.11. The summed E-state index contributed by atoms with van der Waals surface area (Å²) in [6, 6.07) is 5.73. The molecular weight excluding hydrogens is 318 g/mol. The number of amides is 2. The molecule has 7 nitrogen and oxygen atoms in total.